The van der Waals surface area contributed by atoms with Crippen molar-refractivity contribution in [2.24, 2.45) is 5.41 Å². The molecule has 1 aromatic heterocycles. The monoisotopic (exact) mass is 455 g/mol. The molecular weight excluding hydrogens is 434 g/mol. The molecule has 0 spiro atoms. The number of aromatic carboxylic acids is 1. The lowest BCUT2D eigenvalue weighted by atomic mass is 9.81. The molecule has 172 valence electrons. The number of alkyl halides is 3. The van der Waals surface area contributed by atoms with Crippen molar-refractivity contribution >= 4 is 28.5 Å². The Kier molecular flexibility index (Phi) is 4.98. The molecule has 2 heterocycles. The molecule has 1 saturated carbocycles. The van der Waals surface area contributed by atoms with Gasteiger partial charge in [-0.05, 0) is 31.4 Å². The number of halogens is 4. The van der Waals surface area contributed by atoms with E-state index in [-0.39, 0.29) is 36.7 Å². The minimum Gasteiger partial charge on any atom is -0.477 e. The van der Waals surface area contributed by atoms with Gasteiger partial charge < -0.3 is 19.9 Å². The summed E-state index contributed by atoms with van der Waals surface area (Å²) in [5.74, 6) is -4.11. The van der Waals surface area contributed by atoms with Crippen molar-refractivity contribution in [2.45, 2.75) is 38.9 Å². The third kappa shape index (κ3) is 3.69. The summed E-state index contributed by atoms with van der Waals surface area (Å²) in [5, 5.41) is 11.2. The summed E-state index contributed by atoms with van der Waals surface area (Å²) in [6.45, 7) is 3.52. The molecule has 2 N–H and O–H groups in total. The van der Waals surface area contributed by atoms with Crippen molar-refractivity contribution in [2.75, 3.05) is 24.5 Å². The van der Waals surface area contributed by atoms with Gasteiger partial charge in [0.25, 0.3) is 0 Å². The van der Waals surface area contributed by atoms with Crippen molar-refractivity contribution in [3.63, 3.8) is 0 Å². The number of pyridine rings is 1. The number of nitrogens with zero attached hydrogens (tertiary/aromatic N) is 2. The van der Waals surface area contributed by atoms with Gasteiger partial charge in [0.15, 0.2) is 0 Å². The predicted octanol–water partition coefficient (Wildman–Crippen LogP) is 2.99. The molecule has 1 aliphatic carbocycles. The largest absolute Gasteiger partial charge is 0.477 e. The lowest BCUT2D eigenvalue weighted by molar-refractivity contribution is -0.174. The lowest BCUT2D eigenvalue weighted by Gasteiger charge is -2.50. The maximum Gasteiger partial charge on any atom is 0.471 e. The van der Waals surface area contributed by atoms with Crippen LogP contribution in [0.2, 0.25) is 0 Å². The molecule has 11 heteroatoms. The molecule has 1 aliphatic heterocycles. The van der Waals surface area contributed by atoms with Gasteiger partial charge in [0.05, 0.1) is 11.2 Å². The molecule has 0 radical (unpaired) electrons. The van der Waals surface area contributed by atoms with E-state index >= 15 is 4.39 Å². The average molecular weight is 455 g/mol. The third-order valence-electron chi connectivity index (χ3n) is 6.04. The Bertz CT molecular complexity index is 1190. The lowest BCUT2D eigenvalue weighted by Crippen LogP contribution is -2.60. The number of fused-ring (bicyclic) bond motifs is 1. The number of carbonyl (C=O) groups is 2. The predicted molar refractivity (Wildman–Crippen MR) is 108 cm³/mol. The van der Waals surface area contributed by atoms with Gasteiger partial charge in [0, 0.05) is 42.7 Å². The first-order valence-corrected chi connectivity index (χ1v) is 10.0. The Morgan fingerprint density at radius 1 is 1.28 bits per heavy atom. The van der Waals surface area contributed by atoms with Crippen LogP contribution in [0.4, 0.5) is 23.2 Å². The molecule has 0 bridgehead atoms. The Hall–Kier alpha value is -3.11. The highest BCUT2D eigenvalue weighted by Crippen LogP contribution is 2.42. The van der Waals surface area contributed by atoms with Crippen LogP contribution in [0.25, 0.3) is 10.9 Å². The number of hydrogen-bond donors (Lipinski definition) is 2. The van der Waals surface area contributed by atoms with Gasteiger partial charge in [-0.2, -0.15) is 13.2 Å². The highest BCUT2D eigenvalue weighted by atomic mass is 19.4. The van der Waals surface area contributed by atoms with Crippen molar-refractivity contribution in [3.8, 4) is 0 Å². The minimum absolute atomic E-state index is 0.0173. The van der Waals surface area contributed by atoms with E-state index in [0.29, 0.717) is 11.1 Å². The summed E-state index contributed by atoms with van der Waals surface area (Å²) in [4.78, 5) is 36.9. The van der Waals surface area contributed by atoms with Crippen LogP contribution < -0.4 is 15.6 Å². The molecule has 0 atom stereocenters. The van der Waals surface area contributed by atoms with Crippen molar-refractivity contribution in [1.29, 1.82) is 0 Å². The Morgan fingerprint density at radius 2 is 1.91 bits per heavy atom. The fraction of sp³-hybridized carbons (Fsp3) is 0.476. The van der Waals surface area contributed by atoms with Gasteiger partial charge >= 0.3 is 18.1 Å². The standard InChI is InChI=1S/C21H21F4N3O4/c1-10-15-12(17(29)13(18(30)31)6-28(15)11-3-4-11)5-14(22)16(10)27-8-20(2,9-27)7-26-19(32)21(23,24)25/h5-6,11H,3-4,7-9H2,1-2H3,(H,26,32)(H,30,31). The zero-order chi connectivity index (χ0) is 23.6. The average Bonchev–Trinajstić information content (AvgIpc) is 3.49. The fourth-order valence-corrected chi connectivity index (χ4v) is 4.39. The normalized spacial score (nSPS) is 17.9. The van der Waals surface area contributed by atoms with E-state index in [2.05, 4.69) is 0 Å². The summed E-state index contributed by atoms with van der Waals surface area (Å²) >= 11 is 0. The van der Waals surface area contributed by atoms with E-state index in [4.69, 9.17) is 0 Å². The second kappa shape index (κ2) is 7.21. The van der Waals surface area contributed by atoms with Gasteiger partial charge in [0.2, 0.25) is 5.43 Å². The molecule has 1 aromatic carbocycles. The number of carbonyl (C=O) groups excluding carboxylic acids is 1. The molecule has 4 rings (SSSR count). The quantitative estimate of drug-likeness (QED) is 0.677. The zero-order valence-electron chi connectivity index (χ0n) is 17.3. The molecule has 0 unspecified atom stereocenters. The summed E-state index contributed by atoms with van der Waals surface area (Å²) in [6.07, 6.45) is -2.05. The summed E-state index contributed by atoms with van der Waals surface area (Å²) in [5.41, 5.74) is -0.735. The zero-order valence-corrected chi connectivity index (χ0v) is 17.3. The molecular formula is C21H21F4N3O4. The van der Waals surface area contributed by atoms with Crippen LogP contribution in [0.1, 0.15) is 41.7 Å². The number of amides is 1. The highest BCUT2D eigenvalue weighted by Gasteiger charge is 2.44. The minimum atomic E-state index is -4.97. The van der Waals surface area contributed by atoms with E-state index in [9.17, 15) is 32.7 Å². The smallest absolute Gasteiger partial charge is 0.471 e. The highest BCUT2D eigenvalue weighted by molar-refractivity contribution is 5.95. The third-order valence-corrected chi connectivity index (χ3v) is 6.04. The molecule has 2 aromatic rings. The van der Waals surface area contributed by atoms with Crippen molar-refractivity contribution in [3.05, 3.63) is 39.4 Å². The topological polar surface area (TPSA) is 91.6 Å². The Morgan fingerprint density at radius 3 is 2.44 bits per heavy atom. The number of anilines is 1. The van der Waals surface area contributed by atoms with E-state index in [1.165, 1.54) is 6.20 Å². The van der Waals surface area contributed by atoms with Gasteiger partial charge in [0.1, 0.15) is 11.4 Å². The molecule has 32 heavy (non-hydrogen) atoms. The number of hydrogen-bond acceptors (Lipinski definition) is 4. The molecule has 1 saturated heterocycles. The second-order valence-electron chi connectivity index (χ2n) is 8.89. The van der Waals surface area contributed by atoms with Crippen molar-refractivity contribution < 1.29 is 32.3 Å². The van der Waals surface area contributed by atoms with Crippen LogP contribution in [-0.2, 0) is 4.79 Å². The van der Waals surface area contributed by atoms with Crippen LogP contribution in [0.5, 0.6) is 0 Å². The van der Waals surface area contributed by atoms with Crippen molar-refractivity contribution in [1.82, 2.24) is 9.88 Å². The molecule has 1 amide bonds. The Balaban J connectivity index is 1.67. The number of carboxylic acids is 1. The van der Waals surface area contributed by atoms with Gasteiger partial charge in [-0.15, -0.1) is 0 Å². The van der Waals surface area contributed by atoms with Crippen LogP contribution in [0, 0.1) is 18.2 Å². The second-order valence-corrected chi connectivity index (χ2v) is 8.89. The van der Waals surface area contributed by atoms with Gasteiger partial charge in [-0.1, -0.05) is 6.92 Å². The first-order valence-electron chi connectivity index (χ1n) is 10.0. The number of benzene rings is 1. The van der Waals surface area contributed by atoms with Crippen LogP contribution in [0.15, 0.2) is 17.1 Å². The first kappa shape index (κ1) is 22.1. The van der Waals surface area contributed by atoms with Crippen LogP contribution >= 0.6 is 0 Å². The molecule has 2 fully saturated rings. The number of carboxylic acid groups (broad SMARTS) is 1. The first-order chi connectivity index (χ1) is 14.8. The van der Waals surface area contributed by atoms with E-state index in [0.717, 1.165) is 18.9 Å². The maximum atomic E-state index is 15.1. The van der Waals surface area contributed by atoms with Gasteiger partial charge in [-0.25, -0.2) is 9.18 Å². The number of rotatable bonds is 5. The molecule has 7 nitrogen and oxygen atoms in total. The summed E-state index contributed by atoms with van der Waals surface area (Å²) in [7, 11) is 0. The molecule has 2 aliphatic rings. The number of nitrogens with one attached hydrogen (secondary N) is 1. The van der Waals surface area contributed by atoms with E-state index in [1.54, 1.807) is 23.3 Å². The number of aromatic nitrogens is 1. The Labute approximate surface area is 179 Å². The maximum absolute atomic E-state index is 15.1. The summed E-state index contributed by atoms with van der Waals surface area (Å²) < 4.78 is 54.1. The van der Waals surface area contributed by atoms with Gasteiger partial charge in [-0.3, -0.25) is 9.59 Å². The SMILES string of the molecule is Cc1c(N2CC(C)(CNC(=O)C(F)(F)F)C2)c(F)cc2c(=O)c(C(=O)O)cn(C3CC3)c12. The van der Waals surface area contributed by atoms with E-state index < -0.39 is 40.3 Å². The van der Waals surface area contributed by atoms with Crippen LogP contribution in [-0.4, -0.2) is 47.4 Å². The van der Waals surface area contributed by atoms with Crippen LogP contribution in [0.3, 0.4) is 0 Å². The number of aryl methyl sites for hydroxylation is 1. The summed E-state index contributed by atoms with van der Waals surface area (Å²) in [6, 6.07) is 1.05. The fourth-order valence-electron chi connectivity index (χ4n) is 4.39. The van der Waals surface area contributed by atoms with E-state index in [1.807, 2.05) is 5.32 Å².